The summed E-state index contributed by atoms with van der Waals surface area (Å²) in [5.41, 5.74) is 0. The Kier molecular flexibility index (Phi) is 4.38. The van der Waals surface area contributed by atoms with Gasteiger partial charge in [0.15, 0.2) is 0 Å². The molecule has 3 unspecified atom stereocenters. The number of hydrogen-bond donors (Lipinski definition) is 2. The van der Waals surface area contributed by atoms with Crippen LogP contribution in [0.1, 0.15) is 44.9 Å². The van der Waals surface area contributed by atoms with E-state index in [1.165, 1.54) is 51.6 Å². The van der Waals surface area contributed by atoms with E-state index in [1.54, 1.807) is 0 Å². The van der Waals surface area contributed by atoms with Gasteiger partial charge in [-0.3, -0.25) is 4.79 Å². The van der Waals surface area contributed by atoms with Crippen LogP contribution in [0, 0.1) is 5.92 Å². The van der Waals surface area contributed by atoms with Crippen molar-refractivity contribution in [2.24, 2.45) is 5.92 Å². The fourth-order valence-corrected chi connectivity index (χ4v) is 3.94. The molecule has 0 aliphatic carbocycles. The third-order valence-electron chi connectivity index (χ3n) is 5.06. The van der Waals surface area contributed by atoms with Crippen molar-refractivity contribution < 1.29 is 4.79 Å². The Balaban J connectivity index is 1.36. The van der Waals surface area contributed by atoms with Crippen LogP contribution in [0.25, 0.3) is 0 Å². The average molecular weight is 265 g/mol. The lowest BCUT2D eigenvalue weighted by Crippen LogP contribution is -2.41. The Morgan fingerprint density at radius 2 is 1.95 bits per heavy atom. The molecule has 3 aliphatic rings. The fourth-order valence-electron chi connectivity index (χ4n) is 3.94. The quantitative estimate of drug-likeness (QED) is 0.800. The second-order valence-electron chi connectivity index (χ2n) is 6.44. The molecular formula is C15H27N3O. The number of nitrogens with zero attached hydrogens (tertiary/aromatic N) is 1. The summed E-state index contributed by atoms with van der Waals surface area (Å²) in [5.74, 6) is 0.525. The van der Waals surface area contributed by atoms with E-state index in [0.29, 0.717) is 12.1 Å². The predicted octanol–water partition coefficient (Wildman–Crippen LogP) is 1.12. The minimum absolute atomic E-state index is 0.239. The maximum atomic E-state index is 12.2. The van der Waals surface area contributed by atoms with Crippen molar-refractivity contribution in [1.29, 1.82) is 0 Å². The first-order chi connectivity index (χ1) is 9.33. The van der Waals surface area contributed by atoms with E-state index in [0.717, 1.165) is 19.5 Å². The smallest absolute Gasteiger partial charge is 0.224 e. The number of rotatable bonds is 4. The summed E-state index contributed by atoms with van der Waals surface area (Å²) in [6.45, 7) is 4.28. The number of carbonyl (C=O) groups is 1. The Bertz CT molecular complexity index is 313. The van der Waals surface area contributed by atoms with E-state index in [2.05, 4.69) is 15.5 Å². The molecule has 3 rings (SSSR count). The number of carbonyl (C=O) groups excluding carboxylic acids is 1. The molecule has 0 spiro atoms. The normalized spacial score (nSPS) is 35.3. The Hall–Kier alpha value is -0.610. The molecule has 4 nitrogen and oxygen atoms in total. The molecule has 3 heterocycles. The van der Waals surface area contributed by atoms with Crippen LogP contribution in [0.3, 0.4) is 0 Å². The molecule has 19 heavy (non-hydrogen) atoms. The molecular weight excluding hydrogens is 238 g/mol. The summed E-state index contributed by atoms with van der Waals surface area (Å²) >= 11 is 0. The van der Waals surface area contributed by atoms with Crippen LogP contribution < -0.4 is 10.6 Å². The van der Waals surface area contributed by atoms with E-state index in [4.69, 9.17) is 0 Å². The molecule has 4 heteroatoms. The third-order valence-corrected chi connectivity index (χ3v) is 5.06. The van der Waals surface area contributed by atoms with Crippen molar-refractivity contribution in [1.82, 2.24) is 15.5 Å². The third kappa shape index (κ3) is 3.29. The van der Waals surface area contributed by atoms with Gasteiger partial charge in [0.25, 0.3) is 0 Å². The van der Waals surface area contributed by atoms with E-state index < -0.39 is 0 Å². The second kappa shape index (κ2) is 6.23. The summed E-state index contributed by atoms with van der Waals surface area (Å²) in [6.07, 6.45) is 8.91. The number of amides is 1. The van der Waals surface area contributed by atoms with Crippen LogP contribution in [-0.2, 0) is 4.79 Å². The molecule has 3 saturated heterocycles. The highest BCUT2D eigenvalue weighted by molar-refractivity contribution is 5.80. The van der Waals surface area contributed by atoms with Gasteiger partial charge in [-0.05, 0) is 45.2 Å². The molecule has 2 bridgehead atoms. The topological polar surface area (TPSA) is 44.4 Å². The minimum Gasteiger partial charge on any atom is -0.355 e. The highest BCUT2D eigenvalue weighted by Gasteiger charge is 2.42. The SMILES string of the molecule is O=C(NCCN1CCCCCC1)C1CC2CCC1N2. The fraction of sp³-hybridized carbons (Fsp3) is 0.933. The maximum absolute atomic E-state index is 12.2. The van der Waals surface area contributed by atoms with Crippen molar-refractivity contribution >= 4 is 5.91 Å². The van der Waals surface area contributed by atoms with Crippen LogP contribution in [0.4, 0.5) is 0 Å². The summed E-state index contributed by atoms with van der Waals surface area (Å²) in [5, 5.41) is 6.69. The van der Waals surface area contributed by atoms with Gasteiger partial charge in [0.05, 0.1) is 5.92 Å². The van der Waals surface area contributed by atoms with Crippen LogP contribution in [0.5, 0.6) is 0 Å². The van der Waals surface area contributed by atoms with Gasteiger partial charge >= 0.3 is 0 Å². The lowest BCUT2D eigenvalue weighted by Gasteiger charge is -2.22. The first kappa shape index (κ1) is 13.4. The highest BCUT2D eigenvalue weighted by Crippen LogP contribution is 2.33. The van der Waals surface area contributed by atoms with E-state index in [-0.39, 0.29) is 11.8 Å². The summed E-state index contributed by atoms with van der Waals surface area (Å²) < 4.78 is 0. The van der Waals surface area contributed by atoms with Gasteiger partial charge < -0.3 is 15.5 Å². The minimum atomic E-state index is 0.239. The molecule has 3 fully saturated rings. The predicted molar refractivity (Wildman–Crippen MR) is 76.0 cm³/mol. The zero-order chi connectivity index (χ0) is 13.1. The van der Waals surface area contributed by atoms with Gasteiger partial charge in [0.2, 0.25) is 5.91 Å². The van der Waals surface area contributed by atoms with E-state index in [9.17, 15) is 4.79 Å². The molecule has 0 aromatic heterocycles. The first-order valence-electron chi connectivity index (χ1n) is 8.09. The number of nitrogens with one attached hydrogen (secondary N) is 2. The maximum Gasteiger partial charge on any atom is 0.224 e. The van der Waals surface area contributed by atoms with Crippen molar-refractivity contribution in [3.8, 4) is 0 Å². The average Bonchev–Trinajstić information content (AvgIpc) is 2.95. The van der Waals surface area contributed by atoms with Gasteiger partial charge in [-0.15, -0.1) is 0 Å². The van der Waals surface area contributed by atoms with Crippen LogP contribution in [0.15, 0.2) is 0 Å². The summed E-state index contributed by atoms with van der Waals surface area (Å²) in [4.78, 5) is 14.7. The molecule has 0 saturated carbocycles. The number of hydrogen-bond acceptors (Lipinski definition) is 3. The molecule has 3 aliphatic heterocycles. The second-order valence-corrected chi connectivity index (χ2v) is 6.44. The van der Waals surface area contributed by atoms with Gasteiger partial charge in [-0.1, -0.05) is 12.8 Å². The molecule has 3 atom stereocenters. The molecule has 2 N–H and O–H groups in total. The molecule has 0 radical (unpaired) electrons. The van der Waals surface area contributed by atoms with E-state index in [1.807, 2.05) is 0 Å². The largest absolute Gasteiger partial charge is 0.355 e. The monoisotopic (exact) mass is 265 g/mol. The Morgan fingerprint density at radius 1 is 1.16 bits per heavy atom. The standard InChI is InChI=1S/C15H27N3O/c19-15(13-11-12-5-6-14(13)17-12)16-7-10-18-8-3-1-2-4-9-18/h12-14,17H,1-11H2,(H,16,19). The van der Waals surface area contributed by atoms with Gasteiger partial charge in [-0.2, -0.15) is 0 Å². The Labute approximate surface area is 116 Å². The van der Waals surface area contributed by atoms with Gasteiger partial charge in [0, 0.05) is 25.2 Å². The molecule has 1 amide bonds. The lowest BCUT2D eigenvalue weighted by atomic mass is 9.88. The first-order valence-corrected chi connectivity index (χ1v) is 8.09. The zero-order valence-corrected chi connectivity index (χ0v) is 11.9. The van der Waals surface area contributed by atoms with Crippen LogP contribution in [-0.4, -0.2) is 49.1 Å². The molecule has 0 aromatic carbocycles. The van der Waals surface area contributed by atoms with Crippen LogP contribution in [0.2, 0.25) is 0 Å². The summed E-state index contributed by atoms with van der Waals surface area (Å²) in [6, 6.07) is 1.08. The van der Waals surface area contributed by atoms with Crippen molar-refractivity contribution in [3.63, 3.8) is 0 Å². The van der Waals surface area contributed by atoms with Gasteiger partial charge in [-0.25, -0.2) is 0 Å². The van der Waals surface area contributed by atoms with E-state index >= 15 is 0 Å². The molecule has 0 aromatic rings. The van der Waals surface area contributed by atoms with Crippen LogP contribution >= 0.6 is 0 Å². The zero-order valence-electron chi connectivity index (χ0n) is 11.9. The Morgan fingerprint density at radius 3 is 2.58 bits per heavy atom. The highest BCUT2D eigenvalue weighted by atomic mass is 16.1. The van der Waals surface area contributed by atoms with Crippen molar-refractivity contribution in [3.05, 3.63) is 0 Å². The number of fused-ring (bicyclic) bond motifs is 2. The van der Waals surface area contributed by atoms with Crippen molar-refractivity contribution in [2.75, 3.05) is 26.2 Å². The van der Waals surface area contributed by atoms with Crippen molar-refractivity contribution in [2.45, 2.75) is 57.0 Å². The number of likely N-dealkylation sites (tertiary alicyclic amines) is 1. The van der Waals surface area contributed by atoms with Gasteiger partial charge in [0.1, 0.15) is 0 Å². The molecule has 108 valence electrons. The lowest BCUT2D eigenvalue weighted by molar-refractivity contribution is -0.125. The summed E-state index contributed by atoms with van der Waals surface area (Å²) in [7, 11) is 0.